The van der Waals surface area contributed by atoms with Gasteiger partial charge >= 0.3 is 0 Å². The molecule has 0 spiro atoms. The Kier molecular flexibility index (Phi) is 6.51. The molecule has 2 aromatic carbocycles. The maximum absolute atomic E-state index is 13.0. The van der Waals surface area contributed by atoms with Crippen LogP contribution in [0.1, 0.15) is 19.4 Å². The number of morpholine rings is 1. The van der Waals surface area contributed by atoms with Crippen LogP contribution >= 0.6 is 0 Å². The summed E-state index contributed by atoms with van der Waals surface area (Å²) in [7, 11) is -2.27. The summed E-state index contributed by atoms with van der Waals surface area (Å²) in [5.74, 6) is 1.02. The number of ether oxygens (including phenoxy) is 4. The first-order valence-electron chi connectivity index (χ1n) is 10.7. The first-order valence-corrected chi connectivity index (χ1v) is 12.1. The van der Waals surface area contributed by atoms with Gasteiger partial charge in [-0.2, -0.15) is 4.31 Å². The molecule has 9 nitrogen and oxygen atoms in total. The van der Waals surface area contributed by atoms with Gasteiger partial charge in [0.15, 0.2) is 18.1 Å². The molecule has 2 aliphatic heterocycles. The lowest BCUT2D eigenvalue weighted by atomic mass is 10.0. The van der Waals surface area contributed by atoms with E-state index in [2.05, 4.69) is 5.32 Å². The van der Waals surface area contributed by atoms with Gasteiger partial charge in [0.05, 0.1) is 30.9 Å². The van der Waals surface area contributed by atoms with Crippen LogP contribution in [-0.2, 0) is 26.0 Å². The van der Waals surface area contributed by atoms with Crippen molar-refractivity contribution in [1.29, 1.82) is 0 Å². The molecule has 1 fully saturated rings. The summed E-state index contributed by atoms with van der Waals surface area (Å²) in [6, 6.07) is 9.96. The normalized spacial score (nSPS) is 17.7. The van der Waals surface area contributed by atoms with E-state index in [9.17, 15) is 13.2 Å². The number of para-hydroxylation sites is 1. The van der Waals surface area contributed by atoms with Gasteiger partial charge in [-0.1, -0.05) is 12.1 Å². The highest BCUT2D eigenvalue weighted by molar-refractivity contribution is 7.89. The molecule has 2 aliphatic rings. The predicted molar refractivity (Wildman–Crippen MR) is 122 cm³/mol. The molecule has 1 saturated heterocycles. The van der Waals surface area contributed by atoms with Crippen molar-refractivity contribution in [3.63, 3.8) is 0 Å². The van der Waals surface area contributed by atoms with Crippen LogP contribution in [-0.4, -0.2) is 64.3 Å². The number of rotatable bonds is 7. The van der Waals surface area contributed by atoms with Crippen LogP contribution in [0.4, 0.5) is 5.69 Å². The molecular weight excluding hydrogens is 448 g/mol. The lowest BCUT2D eigenvalue weighted by molar-refractivity contribution is -0.118. The van der Waals surface area contributed by atoms with E-state index in [1.807, 2.05) is 26.0 Å². The number of nitrogens with zero attached hydrogens (tertiary/aromatic N) is 1. The summed E-state index contributed by atoms with van der Waals surface area (Å²) in [5, 5.41) is 2.69. The molecule has 2 aromatic rings. The zero-order valence-electron chi connectivity index (χ0n) is 18.9. The molecule has 0 saturated carbocycles. The Labute approximate surface area is 193 Å². The standard InChI is InChI=1S/C23H28N2O7S/c1-23(2)14-16-5-4-6-20(22(16)32-23)31-15-21(26)24-18-13-17(7-8-19(18)29-3)33(27,28)25-9-11-30-12-10-25/h4-8,13H,9-12,14-15H2,1-3H3,(H,24,26). The summed E-state index contributed by atoms with van der Waals surface area (Å²) < 4.78 is 49.5. The van der Waals surface area contributed by atoms with Gasteiger partial charge in [-0.25, -0.2) is 8.42 Å². The number of fused-ring (bicyclic) bond motifs is 1. The summed E-state index contributed by atoms with van der Waals surface area (Å²) in [4.78, 5) is 12.7. The van der Waals surface area contributed by atoms with E-state index in [1.54, 1.807) is 6.07 Å². The number of sulfonamides is 1. The Hall–Kier alpha value is -2.82. The van der Waals surface area contributed by atoms with E-state index in [1.165, 1.54) is 29.6 Å². The monoisotopic (exact) mass is 476 g/mol. The van der Waals surface area contributed by atoms with Crippen LogP contribution < -0.4 is 19.5 Å². The third-order valence-electron chi connectivity index (χ3n) is 5.47. The number of carbonyl (C=O) groups is 1. The quantitative estimate of drug-likeness (QED) is 0.655. The Morgan fingerprint density at radius 2 is 1.91 bits per heavy atom. The molecule has 0 aromatic heterocycles. The Morgan fingerprint density at radius 3 is 2.64 bits per heavy atom. The fourth-order valence-electron chi connectivity index (χ4n) is 3.91. The molecule has 0 bridgehead atoms. The van der Waals surface area contributed by atoms with Crippen molar-refractivity contribution in [2.75, 3.05) is 45.3 Å². The van der Waals surface area contributed by atoms with E-state index in [0.29, 0.717) is 30.5 Å². The number of methoxy groups -OCH3 is 1. The van der Waals surface area contributed by atoms with Gasteiger partial charge < -0.3 is 24.3 Å². The van der Waals surface area contributed by atoms with Gasteiger partial charge in [-0.05, 0) is 38.1 Å². The Morgan fingerprint density at radius 1 is 1.15 bits per heavy atom. The van der Waals surface area contributed by atoms with Gasteiger partial charge in [0.1, 0.15) is 11.4 Å². The minimum atomic E-state index is -3.72. The first kappa shape index (κ1) is 23.3. The molecule has 1 N–H and O–H groups in total. The second kappa shape index (κ2) is 9.20. The van der Waals surface area contributed by atoms with Crippen LogP contribution in [0, 0.1) is 0 Å². The number of hydrogen-bond acceptors (Lipinski definition) is 7. The number of nitrogens with one attached hydrogen (secondary N) is 1. The molecular formula is C23H28N2O7S. The molecule has 10 heteroatoms. The SMILES string of the molecule is COc1ccc(S(=O)(=O)N2CCOCC2)cc1NC(=O)COc1cccc2c1OC(C)(C)C2. The van der Waals surface area contributed by atoms with Crippen molar-refractivity contribution in [2.24, 2.45) is 0 Å². The molecule has 2 heterocycles. The number of benzene rings is 2. The van der Waals surface area contributed by atoms with Crippen LogP contribution in [0.2, 0.25) is 0 Å². The van der Waals surface area contributed by atoms with Crippen LogP contribution in [0.3, 0.4) is 0 Å². The summed E-state index contributed by atoms with van der Waals surface area (Å²) in [6.45, 7) is 4.97. The van der Waals surface area contributed by atoms with E-state index in [-0.39, 0.29) is 35.9 Å². The van der Waals surface area contributed by atoms with E-state index < -0.39 is 15.9 Å². The number of amides is 1. The average molecular weight is 477 g/mol. The van der Waals surface area contributed by atoms with Crippen LogP contribution in [0.25, 0.3) is 0 Å². The molecule has 178 valence electrons. The largest absolute Gasteiger partial charge is 0.495 e. The highest BCUT2D eigenvalue weighted by Gasteiger charge is 2.32. The molecule has 1 amide bonds. The Balaban J connectivity index is 1.47. The number of hydrogen-bond donors (Lipinski definition) is 1. The van der Waals surface area contributed by atoms with Gasteiger partial charge in [0.2, 0.25) is 10.0 Å². The maximum atomic E-state index is 13.0. The van der Waals surface area contributed by atoms with E-state index in [0.717, 1.165) is 12.0 Å². The molecule has 4 rings (SSSR count). The second-order valence-corrected chi connectivity index (χ2v) is 10.4. The fourth-order valence-corrected chi connectivity index (χ4v) is 5.35. The predicted octanol–water partition coefficient (Wildman–Crippen LogP) is 2.45. The van der Waals surface area contributed by atoms with Crippen molar-refractivity contribution in [2.45, 2.75) is 30.8 Å². The van der Waals surface area contributed by atoms with Gasteiger partial charge in [-0.3, -0.25) is 4.79 Å². The molecule has 0 unspecified atom stereocenters. The molecule has 0 radical (unpaired) electrons. The highest BCUT2D eigenvalue weighted by Crippen LogP contribution is 2.41. The summed E-state index contributed by atoms with van der Waals surface area (Å²) in [6.07, 6.45) is 0.757. The number of anilines is 1. The lowest BCUT2D eigenvalue weighted by Crippen LogP contribution is -2.40. The lowest BCUT2D eigenvalue weighted by Gasteiger charge is -2.26. The molecule has 0 aliphatic carbocycles. The smallest absolute Gasteiger partial charge is 0.262 e. The topological polar surface area (TPSA) is 103 Å². The van der Waals surface area contributed by atoms with Crippen molar-refractivity contribution in [3.05, 3.63) is 42.0 Å². The van der Waals surface area contributed by atoms with Crippen molar-refractivity contribution < 1.29 is 32.2 Å². The van der Waals surface area contributed by atoms with Crippen LogP contribution in [0.15, 0.2) is 41.3 Å². The second-order valence-electron chi connectivity index (χ2n) is 8.50. The van der Waals surface area contributed by atoms with Crippen molar-refractivity contribution >= 4 is 21.6 Å². The minimum absolute atomic E-state index is 0.0675. The summed E-state index contributed by atoms with van der Waals surface area (Å²) in [5.41, 5.74) is 0.945. The van der Waals surface area contributed by atoms with Crippen LogP contribution in [0.5, 0.6) is 17.2 Å². The number of carbonyl (C=O) groups excluding carboxylic acids is 1. The van der Waals surface area contributed by atoms with Crippen molar-refractivity contribution in [1.82, 2.24) is 4.31 Å². The third kappa shape index (κ3) is 5.07. The maximum Gasteiger partial charge on any atom is 0.262 e. The average Bonchev–Trinajstić information content (AvgIpc) is 3.12. The molecule has 0 atom stereocenters. The Bertz CT molecular complexity index is 1140. The van der Waals surface area contributed by atoms with E-state index in [4.69, 9.17) is 18.9 Å². The van der Waals surface area contributed by atoms with Gasteiger partial charge in [0.25, 0.3) is 5.91 Å². The minimum Gasteiger partial charge on any atom is -0.495 e. The third-order valence-corrected chi connectivity index (χ3v) is 7.36. The molecule has 33 heavy (non-hydrogen) atoms. The highest BCUT2D eigenvalue weighted by atomic mass is 32.2. The summed E-state index contributed by atoms with van der Waals surface area (Å²) >= 11 is 0. The van der Waals surface area contributed by atoms with Gasteiger partial charge in [0, 0.05) is 25.1 Å². The fraction of sp³-hybridized carbons (Fsp3) is 0.435. The zero-order valence-corrected chi connectivity index (χ0v) is 19.7. The first-order chi connectivity index (χ1) is 15.7. The van der Waals surface area contributed by atoms with E-state index >= 15 is 0 Å². The van der Waals surface area contributed by atoms with Crippen molar-refractivity contribution in [3.8, 4) is 17.2 Å². The zero-order chi connectivity index (χ0) is 23.6. The van der Waals surface area contributed by atoms with Gasteiger partial charge in [-0.15, -0.1) is 0 Å².